The lowest BCUT2D eigenvalue weighted by atomic mass is 10.1. The number of hydrogen-bond acceptors (Lipinski definition) is 4. The Balaban J connectivity index is 1.84. The van der Waals surface area contributed by atoms with Crippen LogP contribution in [0.5, 0.6) is 11.5 Å². The molecule has 0 saturated carbocycles. The van der Waals surface area contributed by atoms with Gasteiger partial charge in [0.15, 0.2) is 0 Å². The number of rotatable bonds is 5. The molecular formula is C21H19N3O2S. The van der Waals surface area contributed by atoms with Gasteiger partial charge in [0.05, 0.1) is 19.4 Å². The Morgan fingerprint density at radius 1 is 1.07 bits per heavy atom. The van der Waals surface area contributed by atoms with E-state index >= 15 is 0 Å². The second-order valence-electron chi connectivity index (χ2n) is 6.03. The van der Waals surface area contributed by atoms with Crippen molar-refractivity contribution in [2.24, 2.45) is 0 Å². The lowest BCUT2D eigenvalue weighted by Crippen LogP contribution is -1.93. The van der Waals surface area contributed by atoms with Crippen LogP contribution in [0.2, 0.25) is 0 Å². The summed E-state index contributed by atoms with van der Waals surface area (Å²) in [5.74, 6) is 1.65. The fourth-order valence-electron chi connectivity index (χ4n) is 3.05. The summed E-state index contributed by atoms with van der Waals surface area (Å²) in [4.78, 5) is 7.87. The lowest BCUT2D eigenvalue weighted by Gasteiger charge is -2.06. The zero-order chi connectivity index (χ0) is 18.8. The Morgan fingerprint density at radius 3 is 2.63 bits per heavy atom. The Bertz CT molecular complexity index is 1150. The highest BCUT2D eigenvalue weighted by Gasteiger charge is 2.11. The summed E-state index contributed by atoms with van der Waals surface area (Å²) < 4.78 is 13.3. The average Bonchev–Trinajstić information content (AvgIpc) is 3.16. The van der Waals surface area contributed by atoms with Crippen LogP contribution in [-0.2, 0) is 0 Å². The molecule has 27 heavy (non-hydrogen) atoms. The number of H-pyrrole nitrogens is 1. The summed E-state index contributed by atoms with van der Waals surface area (Å²) in [6.07, 6.45) is 3.77. The molecule has 2 aromatic carbocycles. The van der Waals surface area contributed by atoms with Crippen LogP contribution in [0.3, 0.4) is 0 Å². The largest absolute Gasteiger partial charge is 0.497 e. The molecule has 2 aromatic heterocycles. The molecule has 0 radical (unpaired) electrons. The van der Waals surface area contributed by atoms with Crippen molar-refractivity contribution in [2.45, 2.75) is 6.92 Å². The van der Waals surface area contributed by atoms with Gasteiger partial charge in [-0.2, -0.15) is 0 Å². The maximum atomic E-state index is 5.53. The zero-order valence-electron chi connectivity index (χ0n) is 15.1. The van der Waals surface area contributed by atoms with Crippen molar-refractivity contribution < 1.29 is 9.47 Å². The number of hydrogen-bond donors (Lipinski definition) is 1. The van der Waals surface area contributed by atoms with Crippen molar-refractivity contribution in [2.75, 3.05) is 13.7 Å². The highest BCUT2D eigenvalue weighted by Crippen LogP contribution is 2.29. The number of nitrogens with one attached hydrogen (secondary N) is 1. The third-order valence-corrected chi connectivity index (χ3v) is 4.68. The van der Waals surface area contributed by atoms with E-state index in [1.807, 2.05) is 66.1 Å². The number of methoxy groups -OCH3 is 1. The van der Waals surface area contributed by atoms with Crippen LogP contribution in [0.15, 0.2) is 60.9 Å². The van der Waals surface area contributed by atoms with E-state index in [0.717, 1.165) is 39.5 Å². The van der Waals surface area contributed by atoms with Crippen LogP contribution in [-0.4, -0.2) is 28.1 Å². The first-order chi connectivity index (χ1) is 13.2. The molecular weight excluding hydrogens is 358 g/mol. The van der Waals surface area contributed by atoms with E-state index in [-0.39, 0.29) is 0 Å². The third kappa shape index (κ3) is 3.31. The van der Waals surface area contributed by atoms with Crippen LogP contribution in [0.4, 0.5) is 0 Å². The predicted molar refractivity (Wildman–Crippen MR) is 109 cm³/mol. The Kier molecular flexibility index (Phi) is 4.64. The smallest absolute Gasteiger partial charge is 0.205 e. The normalized spacial score (nSPS) is 10.9. The third-order valence-electron chi connectivity index (χ3n) is 4.37. The van der Waals surface area contributed by atoms with Crippen LogP contribution >= 0.6 is 12.2 Å². The van der Waals surface area contributed by atoms with Gasteiger partial charge in [-0.25, -0.2) is 4.98 Å². The van der Waals surface area contributed by atoms with E-state index in [4.69, 9.17) is 21.7 Å². The molecule has 0 saturated heterocycles. The van der Waals surface area contributed by atoms with Crippen LogP contribution < -0.4 is 9.47 Å². The summed E-state index contributed by atoms with van der Waals surface area (Å²) in [5, 5.41) is 0. The number of aromatic nitrogens is 3. The summed E-state index contributed by atoms with van der Waals surface area (Å²) in [6, 6.07) is 15.9. The van der Waals surface area contributed by atoms with Crippen molar-refractivity contribution in [1.29, 1.82) is 0 Å². The van der Waals surface area contributed by atoms with Crippen LogP contribution in [0.1, 0.15) is 6.92 Å². The second kappa shape index (κ2) is 7.25. The summed E-state index contributed by atoms with van der Waals surface area (Å²) >= 11 is 5.42. The van der Waals surface area contributed by atoms with Gasteiger partial charge >= 0.3 is 0 Å². The molecule has 6 heteroatoms. The molecule has 0 aliphatic carbocycles. The van der Waals surface area contributed by atoms with Gasteiger partial charge in [0.2, 0.25) is 4.77 Å². The van der Waals surface area contributed by atoms with E-state index in [2.05, 4.69) is 9.97 Å². The minimum atomic E-state index is 0.505. The van der Waals surface area contributed by atoms with Gasteiger partial charge in [-0.3, -0.25) is 4.40 Å². The van der Waals surface area contributed by atoms with Gasteiger partial charge in [0.1, 0.15) is 17.1 Å². The van der Waals surface area contributed by atoms with Gasteiger partial charge in [0.25, 0.3) is 0 Å². The number of fused-ring (bicyclic) bond motifs is 1. The Labute approximate surface area is 162 Å². The monoisotopic (exact) mass is 377 g/mol. The van der Waals surface area contributed by atoms with E-state index in [1.165, 1.54) is 0 Å². The molecule has 4 rings (SSSR count). The molecule has 0 aliphatic rings. The van der Waals surface area contributed by atoms with Crippen LogP contribution in [0, 0.1) is 4.77 Å². The lowest BCUT2D eigenvalue weighted by molar-refractivity contribution is 0.340. The van der Waals surface area contributed by atoms with Crippen molar-refractivity contribution in [1.82, 2.24) is 14.4 Å². The second-order valence-corrected chi connectivity index (χ2v) is 6.40. The average molecular weight is 377 g/mol. The molecule has 0 amide bonds. The van der Waals surface area contributed by atoms with Crippen LogP contribution in [0.25, 0.3) is 28.0 Å². The van der Waals surface area contributed by atoms with E-state index in [0.29, 0.717) is 11.4 Å². The Hall–Kier alpha value is -3.12. The zero-order valence-corrected chi connectivity index (χ0v) is 15.9. The fraction of sp³-hybridized carbons (Fsp3) is 0.143. The summed E-state index contributed by atoms with van der Waals surface area (Å²) in [7, 11) is 1.66. The van der Waals surface area contributed by atoms with Gasteiger partial charge in [0, 0.05) is 23.5 Å². The van der Waals surface area contributed by atoms with E-state index < -0.39 is 0 Å². The molecule has 0 bridgehead atoms. The minimum Gasteiger partial charge on any atom is -0.497 e. The maximum absolute atomic E-state index is 5.53. The molecule has 0 aliphatic heterocycles. The molecule has 5 nitrogen and oxygen atoms in total. The molecule has 0 fully saturated rings. The minimum absolute atomic E-state index is 0.505. The molecule has 4 aromatic rings. The van der Waals surface area contributed by atoms with Gasteiger partial charge < -0.3 is 14.5 Å². The highest BCUT2D eigenvalue weighted by molar-refractivity contribution is 7.71. The first-order valence-electron chi connectivity index (χ1n) is 8.67. The standard InChI is InChI=1S/C21H19N3O2S/c1-3-26-16-9-7-14(8-10-16)18-12-22-21(27)24-13-19(23-20(18)24)15-5-4-6-17(11-15)25-2/h4-13,23H,3H2,1-2H3. The molecule has 1 N–H and O–H groups in total. The molecule has 136 valence electrons. The summed E-state index contributed by atoms with van der Waals surface area (Å²) in [5.41, 5.74) is 4.88. The summed E-state index contributed by atoms with van der Waals surface area (Å²) in [6.45, 7) is 2.62. The maximum Gasteiger partial charge on any atom is 0.205 e. The van der Waals surface area contributed by atoms with Gasteiger partial charge in [-0.15, -0.1) is 0 Å². The first kappa shape index (κ1) is 17.3. The Morgan fingerprint density at radius 2 is 1.89 bits per heavy atom. The van der Waals surface area contributed by atoms with Gasteiger partial charge in [-0.1, -0.05) is 24.3 Å². The quantitative estimate of drug-likeness (QED) is 0.490. The molecule has 0 unspecified atom stereocenters. The predicted octanol–water partition coefficient (Wildman–Crippen LogP) is 5.13. The van der Waals surface area contributed by atoms with E-state index in [9.17, 15) is 0 Å². The number of nitrogens with zero attached hydrogens (tertiary/aromatic N) is 2. The van der Waals surface area contributed by atoms with Crippen molar-refractivity contribution in [3.05, 3.63) is 65.7 Å². The topological polar surface area (TPSA) is 51.6 Å². The number of benzene rings is 2. The van der Waals surface area contributed by atoms with E-state index in [1.54, 1.807) is 13.3 Å². The SMILES string of the molecule is CCOc1ccc(-c2cnc(=S)n3cc(-c4cccc(OC)c4)[nH]c23)cc1. The van der Waals surface area contributed by atoms with Crippen molar-refractivity contribution >= 4 is 17.9 Å². The van der Waals surface area contributed by atoms with Crippen molar-refractivity contribution in [3.8, 4) is 33.9 Å². The molecule has 2 heterocycles. The van der Waals surface area contributed by atoms with Gasteiger partial charge in [-0.05, 0) is 49.0 Å². The molecule has 0 spiro atoms. The highest BCUT2D eigenvalue weighted by atomic mass is 32.1. The number of imidazole rings is 1. The number of aromatic amines is 1. The first-order valence-corrected chi connectivity index (χ1v) is 9.08. The number of ether oxygens (including phenoxy) is 2. The van der Waals surface area contributed by atoms with Crippen molar-refractivity contribution in [3.63, 3.8) is 0 Å². The molecule has 0 atom stereocenters. The fourth-order valence-corrected chi connectivity index (χ4v) is 3.25.